The number of amides is 1. The smallest absolute Gasteiger partial charge is 0.261 e. The van der Waals surface area contributed by atoms with Gasteiger partial charge >= 0.3 is 0 Å². The van der Waals surface area contributed by atoms with Crippen LogP contribution in [0.15, 0.2) is 36.5 Å². The van der Waals surface area contributed by atoms with Crippen molar-refractivity contribution in [1.82, 2.24) is 4.98 Å². The fourth-order valence-corrected chi connectivity index (χ4v) is 2.07. The van der Waals surface area contributed by atoms with Gasteiger partial charge in [-0.25, -0.2) is 0 Å². The molecule has 0 saturated carbocycles. The van der Waals surface area contributed by atoms with Gasteiger partial charge < -0.3 is 10.2 Å². The molecule has 0 spiro atoms. The second kappa shape index (κ2) is 5.74. The van der Waals surface area contributed by atoms with Crippen LogP contribution in [0.2, 0.25) is 0 Å². The lowest BCUT2D eigenvalue weighted by Crippen LogP contribution is -2.27. The van der Waals surface area contributed by atoms with Crippen LogP contribution in [0.1, 0.15) is 21.6 Å². The molecule has 1 aromatic carbocycles. The molecule has 104 valence electrons. The van der Waals surface area contributed by atoms with Crippen LogP contribution in [0.5, 0.6) is 0 Å². The monoisotopic (exact) mass is 269 g/mol. The predicted molar refractivity (Wildman–Crippen MR) is 82.4 cm³/mol. The number of pyridine rings is 1. The highest BCUT2D eigenvalue weighted by atomic mass is 16.2. The molecule has 1 amide bonds. The number of hydrogen-bond acceptors (Lipinski definition) is 3. The molecular weight excluding hydrogens is 250 g/mol. The zero-order valence-electron chi connectivity index (χ0n) is 12.3. The Bertz CT molecular complexity index is 637. The number of carbonyl (C=O) groups excluding carboxylic acids is 1. The van der Waals surface area contributed by atoms with Crippen molar-refractivity contribution < 1.29 is 4.79 Å². The molecule has 20 heavy (non-hydrogen) atoms. The van der Waals surface area contributed by atoms with Crippen LogP contribution in [-0.2, 0) is 0 Å². The number of aryl methyl sites for hydroxylation is 2. The molecule has 0 unspecified atom stereocenters. The fourth-order valence-electron chi connectivity index (χ4n) is 2.07. The van der Waals surface area contributed by atoms with Crippen LogP contribution in [0.3, 0.4) is 0 Å². The van der Waals surface area contributed by atoms with Crippen LogP contribution >= 0.6 is 0 Å². The SMILES string of the molecule is CNc1cc(C)ncc1C(=O)N(C)c1cccc(C)c1. The summed E-state index contributed by atoms with van der Waals surface area (Å²) in [5.41, 5.74) is 4.24. The lowest BCUT2D eigenvalue weighted by Gasteiger charge is -2.19. The molecule has 4 nitrogen and oxygen atoms in total. The number of hydrogen-bond donors (Lipinski definition) is 1. The first-order valence-corrected chi connectivity index (χ1v) is 6.52. The van der Waals surface area contributed by atoms with Gasteiger partial charge in [0.25, 0.3) is 5.91 Å². The first-order valence-electron chi connectivity index (χ1n) is 6.52. The number of anilines is 2. The summed E-state index contributed by atoms with van der Waals surface area (Å²) in [5, 5.41) is 3.05. The molecule has 0 atom stereocenters. The summed E-state index contributed by atoms with van der Waals surface area (Å²) in [6.07, 6.45) is 1.62. The number of carbonyl (C=O) groups is 1. The average molecular weight is 269 g/mol. The van der Waals surface area contributed by atoms with Gasteiger partial charge in [0.15, 0.2) is 0 Å². The van der Waals surface area contributed by atoms with Crippen molar-refractivity contribution in [2.24, 2.45) is 0 Å². The molecule has 0 radical (unpaired) electrons. The van der Waals surface area contributed by atoms with Crippen molar-refractivity contribution in [3.05, 3.63) is 53.3 Å². The third-order valence-corrected chi connectivity index (χ3v) is 3.23. The Morgan fingerprint density at radius 3 is 2.65 bits per heavy atom. The van der Waals surface area contributed by atoms with Crippen LogP contribution in [0, 0.1) is 13.8 Å². The first-order chi connectivity index (χ1) is 9.52. The summed E-state index contributed by atoms with van der Waals surface area (Å²) >= 11 is 0. The summed E-state index contributed by atoms with van der Waals surface area (Å²) in [6.45, 7) is 3.91. The van der Waals surface area contributed by atoms with E-state index in [1.54, 1.807) is 25.2 Å². The summed E-state index contributed by atoms with van der Waals surface area (Å²) in [5.74, 6) is -0.0764. The third kappa shape index (κ3) is 2.79. The van der Waals surface area contributed by atoms with E-state index < -0.39 is 0 Å². The van der Waals surface area contributed by atoms with Gasteiger partial charge in [0.1, 0.15) is 0 Å². The van der Waals surface area contributed by atoms with Gasteiger partial charge in [-0.15, -0.1) is 0 Å². The van der Waals surface area contributed by atoms with Gasteiger partial charge in [-0.3, -0.25) is 9.78 Å². The number of nitrogens with zero attached hydrogens (tertiary/aromatic N) is 2. The molecule has 1 N–H and O–H groups in total. The Labute approximate surface area is 119 Å². The predicted octanol–water partition coefficient (Wildman–Crippen LogP) is 3.02. The maximum Gasteiger partial charge on any atom is 0.261 e. The second-order valence-corrected chi connectivity index (χ2v) is 4.82. The number of benzene rings is 1. The molecule has 1 aromatic heterocycles. The minimum atomic E-state index is -0.0764. The van der Waals surface area contributed by atoms with E-state index in [0.29, 0.717) is 5.56 Å². The van der Waals surface area contributed by atoms with E-state index in [9.17, 15) is 4.79 Å². The van der Waals surface area contributed by atoms with Gasteiger partial charge in [-0.2, -0.15) is 0 Å². The lowest BCUT2D eigenvalue weighted by molar-refractivity contribution is 0.0993. The standard InChI is InChI=1S/C16H19N3O/c1-11-6-5-7-13(8-11)19(4)16(20)14-10-18-12(2)9-15(14)17-3/h5-10H,1-4H3,(H,17,18). The van der Waals surface area contributed by atoms with Crippen LogP contribution < -0.4 is 10.2 Å². The highest BCUT2D eigenvalue weighted by Gasteiger charge is 2.17. The second-order valence-electron chi connectivity index (χ2n) is 4.82. The molecule has 1 heterocycles. The summed E-state index contributed by atoms with van der Waals surface area (Å²) in [4.78, 5) is 18.4. The Hall–Kier alpha value is -2.36. The van der Waals surface area contributed by atoms with Gasteiger partial charge in [0, 0.05) is 31.7 Å². The van der Waals surface area contributed by atoms with Crippen molar-refractivity contribution >= 4 is 17.3 Å². The lowest BCUT2D eigenvalue weighted by atomic mass is 10.1. The van der Waals surface area contributed by atoms with E-state index in [2.05, 4.69) is 10.3 Å². The van der Waals surface area contributed by atoms with Crippen LogP contribution in [0.4, 0.5) is 11.4 Å². The molecule has 0 fully saturated rings. The van der Waals surface area contributed by atoms with E-state index in [4.69, 9.17) is 0 Å². The molecule has 2 rings (SSSR count). The molecule has 4 heteroatoms. The van der Waals surface area contributed by atoms with E-state index in [0.717, 1.165) is 22.6 Å². The van der Waals surface area contributed by atoms with Gasteiger partial charge in [0.2, 0.25) is 0 Å². The Morgan fingerprint density at radius 1 is 1.25 bits per heavy atom. The van der Waals surface area contributed by atoms with Crippen molar-refractivity contribution in [3.8, 4) is 0 Å². The fraction of sp³-hybridized carbons (Fsp3) is 0.250. The largest absolute Gasteiger partial charge is 0.387 e. The summed E-state index contributed by atoms with van der Waals surface area (Å²) < 4.78 is 0. The molecule has 0 aliphatic carbocycles. The maximum atomic E-state index is 12.6. The van der Waals surface area contributed by atoms with Crippen molar-refractivity contribution in [2.75, 3.05) is 24.3 Å². The first kappa shape index (κ1) is 14.1. The quantitative estimate of drug-likeness (QED) is 0.931. The van der Waals surface area contributed by atoms with Gasteiger partial charge in [0.05, 0.1) is 11.3 Å². The summed E-state index contributed by atoms with van der Waals surface area (Å²) in [6, 6.07) is 9.73. The van der Waals surface area contributed by atoms with Gasteiger partial charge in [-0.05, 0) is 37.6 Å². The van der Waals surface area contributed by atoms with Crippen LogP contribution in [0.25, 0.3) is 0 Å². The maximum absolute atomic E-state index is 12.6. The Kier molecular flexibility index (Phi) is 4.03. The van der Waals surface area contributed by atoms with Crippen molar-refractivity contribution in [2.45, 2.75) is 13.8 Å². The van der Waals surface area contributed by atoms with Crippen molar-refractivity contribution in [1.29, 1.82) is 0 Å². The zero-order valence-corrected chi connectivity index (χ0v) is 12.3. The van der Waals surface area contributed by atoms with E-state index in [-0.39, 0.29) is 5.91 Å². The van der Waals surface area contributed by atoms with E-state index in [1.165, 1.54) is 0 Å². The van der Waals surface area contributed by atoms with Gasteiger partial charge in [-0.1, -0.05) is 12.1 Å². The van der Waals surface area contributed by atoms with E-state index >= 15 is 0 Å². The Balaban J connectivity index is 2.36. The normalized spacial score (nSPS) is 10.2. The number of aromatic nitrogens is 1. The molecule has 2 aromatic rings. The van der Waals surface area contributed by atoms with Crippen molar-refractivity contribution in [3.63, 3.8) is 0 Å². The Morgan fingerprint density at radius 2 is 2.00 bits per heavy atom. The molecule has 0 saturated heterocycles. The zero-order chi connectivity index (χ0) is 14.7. The highest BCUT2D eigenvalue weighted by Crippen LogP contribution is 2.21. The highest BCUT2D eigenvalue weighted by molar-refractivity contribution is 6.09. The molecule has 0 bridgehead atoms. The minimum Gasteiger partial charge on any atom is -0.387 e. The molecule has 0 aliphatic heterocycles. The van der Waals surface area contributed by atoms with E-state index in [1.807, 2.05) is 44.2 Å². The van der Waals surface area contributed by atoms with Crippen LogP contribution in [-0.4, -0.2) is 25.0 Å². The minimum absolute atomic E-state index is 0.0764. The third-order valence-electron chi connectivity index (χ3n) is 3.23. The topological polar surface area (TPSA) is 45.2 Å². The average Bonchev–Trinajstić information content (AvgIpc) is 2.45. The number of rotatable bonds is 3. The molecular formula is C16H19N3O. The molecule has 0 aliphatic rings. The summed E-state index contributed by atoms with van der Waals surface area (Å²) in [7, 11) is 3.58. The number of nitrogens with one attached hydrogen (secondary N) is 1.